The topological polar surface area (TPSA) is 66.0 Å². The van der Waals surface area contributed by atoms with E-state index in [0.29, 0.717) is 6.42 Å². The number of ether oxygens (including phenoxy) is 1. The van der Waals surface area contributed by atoms with Crippen LogP contribution in [0.2, 0.25) is 0 Å². The Hall–Kier alpha value is -1.51. The van der Waals surface area contributed by atoms with Crippen molar-refractivity contribution in [3.63, 3.8) is 0 Å². The Morgan fingerprint density at radius 3 is 2.52 bits per heavy atom. The molecule has 0 bridgehead atoms. The van der Waals surface area contributed by atoms with E-state index >= 15 is 0 Å². The summed E-state index contributed by atoms with van der Waals surface area (Å²) in [7, 11) is 1.71. The molecule has 174 valence electrons. The van der Waals surface area contributed by atoms with Crippen molar-refractivity contribution in [1.82, 2.24) is 15.5 Å². The molecule has 0 aromatic heterocycles. The van der Waals surface area contributed by atoms with Crippen LogP contribution in [0.4, 0.5) is 0 Å². The summed E-state index contributed by atoms with van der Waals surface area (Å²) < 4.78 is 5.35. The minimum atomic E-state index is 0. The van der Waals surface area contributed by atoms with E-state index < -0.39 is 0 Å². The van der Waals surface area contributed by atoms with Crippen molar-refractivity contribution < 1.29 is 9.53 Å². The number of methoxy groups -OCH3 is 1. The molecule has 7 heteroatoms. The highest BCUT2D eigenvalue weighted by Crippen LogP contribution is 2.40. The van der Waals surface area contributed by atoms with Crippen LogP contribution in [0.25, 0.3) is 0 Å². The fourth-order valence-electron chi connectivity index (χ4n) is 4.78. The summed E-state index contributed by atoms with van der Waals surface area (Å²) in [5.74, 6) is 2.00. The standard InChI is InChI=1S/C24H38N4O2.HI/c1-4-22(29)28-16-13-20(17-28)27-23(25-5-2)26-18-24(14-7-6-8-15-24)19-9-11-21(30-3)12-10-19;/h9-12,20H,4-8,13-18H2,1-3H3,(H2,25,26,27);1H. The third-order valence-corrected chi connectivity index (χ3v) is 6.58. The van der Waals surface area contributed by atoms with Gasteiger partial charge in [-0.25, -0.2) is 0 Å². The highest BCUT2D eigenvalue weighted by molar-refractivity contribution is 14.0. The second-order valence-corrected chi connectivity index (χ2v) is 8.59. The Balaban J connectivity index is 0.00000341. The molecule has 1 unspecified atom stereocenters. The number of aliphatic imine (C=N–C) groups is 1. The lowest BCUT2D eigenvalue weighted by Crippen LogP contribution is -2.46. The van der Waals surface area contributed by atoms with Gasteiger partial charge in [0, 0.05) is 37.5 Å². The summed E-state index contributed by atoms with van der Waals surface area (Å²) in [5.41, 5.74) is 1.45. The number of nitrogens with one attached hydrogen (secondary N) is 2. The Bertz CT molecular complexity index is 717. The zero-order valence-electron chi connectivity index (χ0n) is 19.3. The molecule has 1 saturated heterocycles. The number of likely N-dealkylation sites (tertiary alicyclic amines) is 1. The van der Waals surface area contributed by atoms with Crippen LogP contribution in [-0.2, 0) is 10.2 Å². The van der Waals surface area contributed by atoms with Gasteiger partial charge in [-0.15, -0.1) is 24.0 Å². The molecule has 2 N–H and O–H groups in total. The van der Waals surface area contributed by atoms with Crippen LogP contribution in [0.1, 0.15) is 64.4 Å². The zero-order chi connectivity index (χ0) is 21.4. The van der Waals surface area contributed by atoms with E-state index in [1.807, 2.05) is 11.8 Å². The molecule has 1 aromatic carbocycles. The normalized spacial score (nSPS) is 20.7. The Labute approximate surface area is 204 Å². The molecule has 2 aliphatic rings. The van der Waals surface area contributed by atoms with Crippen LogP contribution in [0.3, 0.4) is 0 Å². The molecule has 6 nitrogen and oxygen atoms in total. The van der Waals surface area contributed by atoms with Crippen LogP contribution in [0.5, 0.6) is 5.75 Å². The molecular weight excluding hydrogens is 503 g/mol. The lowest BCUT2D eigenvalue weighted by Gasteiger charge is -2.37. The number of nitrogens with zero attached hydrogens (tertiary/aromatic N) is 2. The Morgan fingerprint density at radius 1 is 1.19 bits per heavy atom. The van der Waals surface area contributed by atoms with E-state index in [0.717, 1.165) is 44.3 Å². The smallest absolute Gasteiger partial charge is 0.222 e. The summed E-state index contributed by atoms with van der Waals surface area (Å²) in [4.78, 5) is 19.0. The van der Waals surface area contributed by atoms with Crippen LogP contribution in [0, 0.1) is 0 Å². The summed E-state index contributed by atoms with van der Waals surface area (Å²) in [5, 5.41) is 6.99. The van der Waals surface area contributed by atoms with Crippen molar-refractivity contribution in [1.29, 1.82) is 0 Å². The quantitative estimate of drug-likeness (QED) is 0.310. The second kappa shape index (κ2) is 12.5. The van der Waals surface area contributed by atoms with E-state index in [4.69, 9.17) is 9.73 Å². The van der Waals surface area contributed by atoms with Crippen molar-refractivity contribution in [3.8, 4) is 5.75 Å². The van der Waals surface area contributed by atoms with Crippen molar-refractivity contribution >= 4 is 35.8 Å². The van der Waals surface area contributed by atoms with Gasteiger partial charge in [0.25, 0.3) is 0 Å². The van der Waals surface area contributed by atoms with E-state index in [1.165, 1.54) is 37.7 Å². The molecule has 1 atom stereocenters. The van der Waals surface area contributed by atoms with Gasteiger partial charge in [-0.2, -0.15) is 0 Å². The summed E-state index contributed by atoms with van der Waals surface area (Å²) in [6, 6.07) is 8.82. The van der Waals surface area contributed by atoms with Crippen LogP contribution in [-0.4, -0.2) is 56.1 Å². The molecule has 1 saturated carbocycles. The maximum absolute atomic E-state index is 12.0. The van der Waals surface area contributed by atoms with E-state index in [2.05, 4.69) is 41.8 Å². The van der Waals surface area contributed by atoms with Crippen LogP contribution < -0.4 is 15.4 Å². The first-order valence-electron chi connectivity index (χ1n) is 11.6. The third kappa shape index (κ3) is 6.73. The van der Waals surface area contributed by atoms with Crippen LogP contribution in [0.15, 0.2) is 29.3 Å². The number of carbonyl (C=O) groups is 1. The molecule has 1 aromatic rings. The predicted molar refractivity (Wildman–Crippen MR) is 138 cm³/mol. The van der Waals surface area contributed by atoms with Gasteiger partial charge >= 0.3 is 0 Å². The van der Waals surface area contributed by atoms with Gasteiger partial charge in [0.05, 0.1) is 13.7 Å². The molecule has 2 fully saturated rings. The van der Waals surface area contributed by atoms with Gasteiger partial charge in [0.2, 0.25) is 5.91 Å². The van der Waals surface area contributed by atoms with Gasteiger partial charge in [-0.05, 0) is 43.9 Å². The SMILES string of the molecule is CCNC(=NCC1(c2ccc(OC)cc2)CCCCC1)NC1CCN(C(=O)CC)C1.I. The molecule has 1 heterocycles. The van der Waals surface area contributed by atoms with Crippen molar-refractivity contribution in [2.24, 2.45) is 4.99 Å². The number of halogens is 1. The average molecular weight is 543 g/mol. The summed E-state index contributed by atoms with van der Waals surface area (Å²) in [6.07, 6.45) is 7.70. The predicted octanol–water partition coefficient (Wildman–Crippen LogP) is 4.08. The van der Waals surface area contributed by atoms with Gasteiger partial charge in [0.1, 0.15) is 5.75 Å². The Kier molecular flexibility index (Phi) is 10.4. The molecule has 1 amide bonds. The molecule has 0 radical (unpaired) electrons. The number of carbonyl (C=O) groups excluding carboxylic acids is 1. The van der Waals surface area contributed by atoms with Crippen molar-refractivity contribution in [3.05, 3.63) is 29.8 Å². The minimum Gasteiger partial charge on any atom is -0.497 e. The third-order valence-electron chi connectivity index (χ3n) is 6.58. The highest BCUT2D eigenvalue weighted by Gasteiger charge is 2.34. The summed E-state index contributed by atoms with van der Waals surface area (Å²) in [6.45, 7) is 7.22. The van der Waals surface area contributed by atoms with E-state index in [-0.39, 0.29) is 41.3 Å². The van der Waals surface area contributed by atoms with Gasteiger partial charge in [-0.1, -0.05) is 38.3 Å². The van der Waals surface area contributed by atoms with Crippen molar-refractivity contribution in [2.75, 3.05) is 33.3 Å². The lowest BCUT2D eigenvalue weighted by molar-refractivity contribution is -0.129. The molecule has 1 aliphatic carbocycles. The number of hydrogen-bond acceptors (Lipinski definition) is 3. The van der Waals surface area contributed by atoms with E-state index in [9.17, 15) is 4.79 Å². The maximum atomic E-state index is 12.0. The molecule has 0 spiro atoms. The highest BCUT2D eigenvalue weighted by atomic mass is 127. The van der Waals surface area contributed by atoms with Crippen LogP contribution >= 0.6 is 24.0 Å². The maximum Gasteiger partial charge on any atom is 0.222 e. The molecule has 31 heavy (non-hydrogen) atoms. The number of guanidine groups is 1. The first-order valence-corrected chi connectivity index (χ1v) is 11.6. The molecule has 3 rings (SSSR count). The molecule has 1 aliphatic heterocycles. The van der Waals surface area contributed by atoms with Gasteiger partial charge in [0.15, 0.2) is 5.96 Å². The summed E-state index contributed by atoms with van der Waals surface area (Å²) >= 11 is 0. The van der Waals surface area contributed by atoms with Crippen molar-refractivity contribution in [2.45, 2.75) is 70.3 Å². The molecular formula is C24H39IN4O2. The fraction of sp³-hybridized carbons (Fsp3) is 0.667. The number of amides is 1. The largest absolute Gasteiger partial charge is 0.497 e. The Morgan fingerprint density at radius 2 is 1.90 bits per heavy atom. The number of benzene rings is 1. The lowest BCUT2D eigenvalue weighted by atomic mass is 9.69. The average Bonchev–Trinajstić information content (AvgIpc) is 3.26. The fourth-order valence-corrected chi connectivity index (χ4v) is 4.78. The van der Waals surface area contributed by atoms with Gasteiger partial charge in [-0.3, -0.25) is 9.79 Å². The second-order valence-electron chi connectivity index (χ2n) is 8.59. The van der Waals surface area contributed by atoms with Gasteiger partial charge < -0.3 is 20.3 Å². The number of rotatable bonds is 7. The zero-order valence-corrected chi connectivity index (χ0v) is 21.6. The first-order chi connectivity index (χ1) is 14.6. The first kappa shape index (κ1) is 25.7. The number of hydrogen-bond donors (Lipinski definition) is 2. The minimum absolute atomic E-state index is 0. The van der Waals surface area contributed by atoms with E-state index in [1.54, 1.807) is 7.11 Å². The monoisotopic (exact) mass is 542 g/mol.